The van der Waals surface area contributed by atoms with Crippen molar-refractivity contribution in [3.63, 3.8) is 0 Å². The van der Waals surface area contributed by atoms with E-state index in [1.165, 1.54) is 0 Å². The van der Waals surface area contributed by atoms with Crippen molar-refractivity contribution in [1.29, 1.82) is 0 Å². The fraction of sp³-hybridized carbons (Fsp3) is 0.143. The van der Waals surface area contributed by atoms with Crippen LogP contribution in [0.25, 0.3) is 0 Å². The highest BCUT2D eigenvalue weighted by Gasteiger charge is 2.09. The van der Waals surface area contributed by atoms with Crippen molar-refractivity contribution in [2.75, 3.05) is 6.61 Å². The lowest BCUT2D eigenvalue weighted by Crippen LogP contribution is -2.01. The van der Waals surface area contributed by atoms with E-state index in [0.29, 0.717) is 6.29 Å². The van der Waals surface area contributed by atoms with Crippen LogP contribution in [-0.2, 0) is 4.79 Å². The van der Waals surface area contributed by atoms with E-state index in [0.717, 1.165) is 6.07 Å². The Morgan fingerprint density at radius 1 is 1.54 bits per heavy atom. The van der Waals surface area contributed by atoms with Crippen LogP contribution in [0, 0.1) is 5.95 Å². The average molecular weight is 224 g/mol. The molecule has 0 N–H and O–H groups in total. The zero-order chi connectivity index (χ0) is 9.84. The predicted octanol–water partition coefficient (Wildman–Crippen LogP) is 2.11. The Morgan fingerprint density at radius 3 is 2.85 bits per heavy atom. The van der Waals surface area contributed by atoms with E-state index in [1.807, 2.05) is 0 Å². The van der Waals surface area contributed by atoms with Crippen molar-refractivity contribution in [2.45, 2.75) is 0 Å². The molecule has 1 aromatic heterocycles. The van der Waals surface area contributed by atoms with Gasteiger partial charge < -0.3 is 4.74 Å². The van der Waals surface area contributed by atoms with Gasteiger partial charge in [0.1, 0.15) is 11.6 Å². The van der Waals surface area contributed by atoms with E-state index in [1.54, 1.807) is 0 Å². The maximum Gasteiger partial charge on any atom is 0.235 e. The molecule has 6 heteroatoms. The molecular formula is C7H4Cl2FNO2. The molecule has 0 saturated carbocycles. The maximum atomic E-state index is 12.7. The molecule has 0 aromatic carbocycles. The SMILES string of the molecule is O=CCOc1nc(F)c(Cl)cc1Cl. The predicted molar refractivity (Wildman–Crippen MR) is 45.8 cm³/mol. The summed E-state index contributed by atoms with van der Waals surface area (Å²) in [5.41, 5.74) is 0. The number of carbonyl (C=O) groups excluding carboxylic acids is 1. The van der Waals surface area contributed by atoms with Crippen LogP contribution >= 0.6 is 23.2 Å². The van der Waals surface area contributed by atoms with Gasteiger partial charge in [0.2, 0.25) is 11.8 Å². The second kappa shape index (κ2) is 4.39. The molecule has 0 atom stereocenters. The molecule has 0 saturated heterocycles. The van der Waals surface area contributed by atoms with E-state index in [-0.39, 0.29) is 22.5 Å². The number of hydrogen-bond acceptors (Lipinski definition) is 3. The molecular weight excluding hydrogens is 220 g/mol. The molecule has 0 bridgehead atoms. The monoisotopic (exact) mass is 223 g/mol. The first-order valence-corrected chi connectivity index (χ1v) is 3.98. The third-order valence-electron chi connectivity index (χ3n) is 1.14. The summed E-state index contributed by atoms with van der Waals surface area (Å²) >= 11 is 11.0. The van der Waals surface area contributed by atoms with Crippen LogP contribution in [0.15, 0.2) is 6.07 Å². The Morgan fingerprint density at radius 2 is 2.23 bits per heavy atom. The lowest BCUT2D eigenvalue weighted by Gasteiger charge is -2.03. The molecule has 0 amide bonds. The average Bonchev–Trinajstić information content (AvgIpc) is 2.09. The van der Waals surface area contributed by atoms with Crippen LogP contribution in [0.1, 0.15) is 0 Å². The topological polar surface area (TPSA) is 39.2 Å². The van der Waals surface area contributed by atoms with Gasteiger partial charge in [-0.25, -0.2) is 0 Å². The fourth-order valence-electron chi connectivity index (χ4n) is 0.643. The smallest absolute Gasteiger partial charge is 0.235 e. The van der Waals surface area contributed by atoms with Crippen molar-refractivity contribution >= 4 is 29.5 Å². The largest absolute Gasteiger partial charge is 0.469 e. The number of rotatable bonds is 3. The van der Waals surface area contributed by atoms with E-state index >= 15 is 0 Å². The molecule has 13 heavy (non-hydrogen) atoms. The number of aromatic nitrogens is 1. The number of halogens is 3. The summed E-state index contributed by atoms with van der Waals surface area (Å²) in [6.07, 6.45) is 0.504. The van der Waals surface area contributed by atoms with Crippen molar-refractivity contribution in [2.24, 2.45) is 0 Å². The number of nitrogens with zero attached hydrogens (tertiary/aromatic N) is 1. The highest BCUT2D eigenvalue weighted by molar-refractivity contribution is 6.35. The van der Waals surface area contributed by atoms with Crippen LogP contribution in [0.5, 0.6) is 5.88 Å². The summed E-state index contributed by atoms with van der Waals surface area (Å²) in [5, 5.41) is -0.128. The van der Waals surface area contributed by atoms with Crippen LogP contribution in [0.2, 0.25) is 10.0 Å². The minimum atomic E-state index is -0.882. The minimum absolute atomic E-state index is 0.0632. The Balaban J connectivity index is 2.94. The van der Waals surface area contributed by atoms with Gasteiger partial charge in [-0.1, -0.05) is 23.2 Å². The van der Waals surface area contributed by atoms with Crippen LogP contribution < -0.4 is 4.74 Å². The maximum absolute atomic E-state index is 12.7. The normalized spacial score (nSPS) is 9.77. The first-order chi connectivity index (χ1) is 6.15. The third kappa shape index (κ3) is 2.54. The molecule has 0 aliphatic heterocycles. The summed E-state index contributed by atoms with van der Waals surface area (Å²) in [4.78, 5) is 13.2. The lowest BCUT2D eigenvalue weighted by molar-refractivity contribution is -0.109. The molecule has 0 unspecified atom stereocenters. The summed E-state index contributed by atoms with van der Waals surface area (Å²) in [6, 6.07) is 1.16. The van der Waals surface area contributed by atoms with Crippen molar-refractivity contribution < 1.29 is 13.9 Å². The number of hydrogen-bond donors (Lipinski definition) is 0. The van der Waals surface area contributed by atoms with Crippen molar-refractivity contribution in [3.8, 4) is 5.88 Å². The van der Waals surface area contributed by atoms with Gasteiger partial charge in [0, 0.05) is 0 Å². The highest BCUT2D eigenvalue weighted by atomic mass is 35.5. The molecule has 0 spiro atoms. The molecule has 0 aliphatic rings. The molecule has 1 aromatic rings. The highest BCUT2D eigenvalue weighted by Crippen LogP contribution is 2.26. The number of ether oxygens (including phenoxy) is 1. The molecule has 0 radical (unpaired) electrons. The Hall–Kier alpha value is -0.870. The van der Waals surface area contributed by atoms with Crippen molar-refractivity contribution in [3.05, 3.63) is 22.1 Å². The lowest BCUT2D eigenvalue weighted by atomic mass is 10.5. The second-order valence-corrected chi connectivity index (χ2v) is 2.84. The molecule has 0 fully saturated rings. The summed E-state index contributed by atoms with van der Waals surface area (Å²) < 4.78 is 17.4. The fourth-order valence-corrected chi connectivity index (χ4v) is 1.06. The van der Waals surface area contributed by atoms with Gasteiger partial charge in [-0.2, -0.15) is 9.37 Å². The molecule has 3 nitrogen and oxygen atoms in total. The van der Waals surface area contributed by atoms with Crippen LogP contribution in [-0.4, -0.2) is 17.9 Å². The first kappa shape index (κ1) is 10.2. The number of pyridine rings is 1. The summed E-state index contributed by atoms with van der Waals surface area (Å²) in [7, 11) is 0. The standard InChI is InChI=1S/C7H4Cl2FNO2/c8-4-3-5(9)7(11-6(4)10)13-2-1-12/h1,3H,2H2. The molecule has 70 valence electrons. The first-order valence-electron chi connectivity index (χ1n) is 3.23. The van der Waals surface area contributed by atoms with Gasteiger partial charge in [0.05, 0.1) is 5.02 Å². The van der Waals surface area contributed by atoms with Gasteiger partial charge in [-0.15, -0.1) is 0 Å². The van der Waals surface area contributed by atoms with E-state index in [2.05, 4.69) is 4.98 Å². The number of aldehydes is 1. The third-order valence-corrected chi connectivity index (χ3v) is 1.68. The molecule has 1 rings (SSSR count). The van der Waals surface area contributed by atoms with Gasteiger partial charge in [0.25, 0.3) is 0 Å². The zero-order valence-corrected chi connectivity index (χ0v) is 7.77. The summed E-state index contributed by atoms with van der Waals surface area (Å²) in [6.45, 7) is -0.228. The van der Waals surface area contributed by atoms with Crippen LogP contribution in [0.3, 0.4) is 0 Å². The minimum Gasteiger partial charge on any atom is -0.469 e. The van der Waals surface area contributed by atoms with Crippen LogP contribution in [0.4, 0.5) is 4.39 Å². The Labute approximate surface area is 83.4 Å². The van der Waals surface area contributed by atoms with E-state index in [4.69, 9.17) is 27.9 Å². The zero-order valence-electron chi connectivity index (χ0n) is 6.26. The number of carbonyl (C=O) groups is 1. The second-order valence-electron chi connectivity index (χ2n) is 2.03. The molecule has 1 heterocycles. The Bertz CT molecular complexity index is 333. The van der Waals surface area contributed by atoms with E-state index in [9.17, 15) is 9.18 Å². The van der Waals surface area contributed by atoms with Crippen molar-refractivity contribution in [1.82, 2.24) is 4.98 Å². The van der Waals surface area contributed by atoms with Gasteiger partial charge in [-0.05, 0) is 6.07 Å². The van der Waals surface area contributed by atoms with Gasteiger partial charge in [0.15, 0.2) is 6.29 Å². The van der Waals surface area contributed by atoms with Gasteiger partial charge in [-0.3, -0.25) is 4.79 Å². The van der Waals surface area contributed by atoms with Gasteiger partial charge >= 0.3 is 0 Å². The van der Waals surface area contributed by atoms with E-state index < -0.39 is 5.95 Å². The summed E-state index contributed by atoms with van der Waals surface area (Å²) in [5.74, 6) is -1.03. The quantitative estimate of drug-likeness (QED) is 0.582. The molecule has 0 aliphatic carbocycles. The Kier molecular flexibility index (Phi) is 3.45.